The zero-order chi connectivity index (χ0) is 15.6. The first kappa shape index (κ1) is 15.1. The maximum absolute atomic E-state index is 12.5. The molecule has 1 atom stereocenters. The van der Waals surface area contributed by atoms with E-state index in [1.807, 2.05) is 0 Å². The molecule has 23 heavy (non-hydrogen) atoms. The van der Waals surface area contributed by atoms with E-state index in [9.17, 15) is 4.79 Å². The van der Waals surface area contributed by atoms with Gasteiger partial charge in [-0.15, -0.1) is 0 Å². The van der Waals surface area contributed by atoms with Crippen molar-refractivity contribution in [3.8, 4) is 0 Å². The van der Waals surface area contributed by atoms with Gasteiger partial charge in [-0.25, -0.2) is 0 Å². The molecule has 5 nitrogen and oxygen atoms in total. The van der Waals surface area contributed by atoms with Gasteiger partial charge in [-0.2, -0.15) is 0 Å². The molecular formula is C18H25N3O2. The van der Waals surface area contributed by atoms with E-state index < -0.39 is 0 Å². The first-order valence-electron chi connectivity index (χ1n) is 8.88. The number of rotatable bonds is 4. The van der Waals surface area contributed by atoms with E-state index in [0.29, 0.717) is 11.8 Å². The number of aromatic nitrogens is 1. The van der Waals surface area contributed by atoms with Crippen LogP contribution in [0.15, 0.2) is 18.2 Å². The molecule has 1 unspecified atom stereocenters. The Balaban J connectivity index is 1.47. The molecule has 3 heterocycles. The van der Waals surface area contributed by atoms with Crippen molar-refractivity contribution < 1.29 is 9.53 Å². The lowest BCUT2D eigenvalue weighted by Gasteiger charge is -2.27. The van der Waals surface area contributed by atoms with Crippen LogP contribution >= 0.6 is 0 Å². The van der Waals surface area contributed by atoms with Crippen LogP contribution in [0.25, 0.3) is 0 Å². The summed E-state index contributed by atoms with van der Waals surface area (Å²) in [4.78, 5) is 21.8. The van der Waals surface area contributed by atoms with Crippen molar-refractivity contribution in [2.75, 3.05) is 32.8 Å². The van der Waals surface area contributed by atoms with Crippen molar-refractivity contribution in [1.82, 2.24) is 14.8 Å². The van der Waals surface area contributed by atoms with Gasteiger partial charge in [0.15, 0.2) is 0 Å². The van der Waals surface area contributed by atoms with E-state index >= 15 is 0 Å². The Morgan fingerprint density at radius 1 is 1.17 bits per heavy atom. The van der Waals surface area contributed by atoms with E-state index in [-0.39, 0.29) is 6.04 Å². The number of morpholine rings is 1. The van der Waals surface area contributed by atoms with Crippen molar-refractivity contribution in [2.45, 2.75) is 38.3 Å². The van der Waals surface area contributed by atoms with Gasteiger partial charge in [-0.3, -0.25) is 14.7 Å². The van der Waals surface area contributed by atoms with Crippen molar-refractivity contribution in [3.05, 3.63) is 29.6 Å². The second-order valence-corrected chi connectivity index (χ2v) is 6.91. The van der Waals surface area contributed by atoms with Crippen LogP contribution in [-0.2, 0) is 16.1 Å². The Morgan fingerprint density at radius 3 is 2.78 bits per heavy atom. The summed E-state index contributed by atoms with van der Waals surface area (Å²) in [6.45, 7) is 5.34. The Bertz CT molecular complexity index is 567. The van der Waals surface area contributed by atoms with E-state index in [1.54, 1.807) is 0 Å². The highest BCUT2D eigenvalue weighted by molar-refractivity contribution is 5.81. The molecule has 124 valence electrons. The predicted octanol–water partition coefficient (Wildman–Crippen LogP) is 1.99. The summed E-state index contributed by atoms with van der Waals surface area (Å²) in [6.07, 6.45) is 4.30. The number of carbonyl (C=O) groups is 1. The lowest BCUT2D eigenvalue weighted by atomic mass is 10.1. The largest absolute Gasteiger partial charge is 0.379 e. The lowest BCUT2D eigenvalue weighted by Crippen LogP contribution is -2.36. The van der Waals surface area contributed by atoms with Crippen LogP contribution in [0.3, 0.4) is 0 Å². The molecule has 1 aliphatic carbocycles. The highest BCUT2D eigenvalue weighted by atomic mass is 16.5. The van der Waals surface area contributed by atoms with Gasteiger partial charge in [-0.05, 0) is 37.8 Å². The van der Waals surface area contributed by atoms with Gasteiger partial charge in [0.1, 0.15) is 0 Å². The minimum Gasteiger partial charge on any atom is -0.379 e. The summed E-state index contributed by atoms with van der Waals surface area (Å²) in [7, 11) is 0. The van der Waals surface area contributed by atoms with Gasteiger partial charge in [0, 0.05) is 32.1 Å². The average molecular weight is 315 g/mol. The van der Waals surface area contributed by atoms with Gasteiger partial charge in [0.05, 0.1) is 30.6 Å². The first-order chi connectivity index (χ1) is 11.3. The van der Waals surface area contributed by atoms with E-state index in [4.69, 9.17) is 9.72 Å². The van der Waals surface area contributed by atoms with Crippen molar-refractivity contribution >= 4 is 5.91 Å². The maximum Gasteiger partial charge on any atom is 0.226 e. The minimum atomic E-state index is 0.188. The molecule has 0 bridgehead atoms. The number of nitrogens with zero attached hydrogens (tertiary/aromatic N) is 3. The van der Waals surface area contributed by atoms with Gasteiger partial charge in [0.25, 0.3) is 0 Å². The molecule has 0 N–H and O–H groups in total. The third-order valence-electron chi connectivity index (χ3n) is 5.12. The number of ether oxygens (including phenoxy) is 1. The molecule has 2 saturated heterocycles. The van der Waals surface area contributed by atoms with E-state index in [2.05, 4.69) is 28.0 Å². The van der Waals surface area contributed by atoms with E-state index in [1.165, 1.54) is 0 Å². The third kappa shape index (κ3) is 3.40. The molecule has 4 rings (SSSR count). The molecule has 1 saturated carbocycles. The SMILES string of the molecule is O=C(C1CC1)N1CCCC1c1cccc(CN2CCOCC2)n1. The van der Waals surface area contributed by atoms with Crippen LogP contribution in [0.2, 0.25) is 0 Å². The van der Waals surface area contributed by atoms with Crippen LogP contribution in [0, 0.1) is 5.92 Å². The standard InChI is InChI=1S/C18H25N3O2/c22-18(14-6-7-14)21-8-2-5-17(21)16-4-1-3-15(19-16)13-20-9-11-23-12-10-20/h1,3-4,14,17H,2,5-13H2. The molecule has 0 radical (unpaired) electrons. The van der Waals surface area contributed by atoms with Gasteiger partial charge in [0.2, 0.25) is 5.91 Å². The highest BCUT2D eigenvalue weighted by Crippen LogP contribution is 2.38. The molecule has 2 aliphatic heterocycles. The number of amides is 1. The van der Waals surface area contributed by atoms with Crippen molar-refractivity contribution in [3.63, 3.8) is 0 Å². The second-order valence-electron chi connectivity index (χ2n) is 6.91. The Hall–Kier alpha value is -1.46. The summed E-state index contributed by atoms with van der Waals surface area (Å²) in [5, 5.41) is 0. The molecule has 3 fully saturated rings. The fourth-order valence-corrected chi connectivity index (χ4v) is 3.66. The van der Waals surface area contributed by atoms with Gasteiger partial charge < -0.3 is 9.64 Å². The van der Waals surface area contributed by atoms with Gasteiger partial charge >= 0.3 is 0 Å². The number of carbonyl (C=O) groups excluding carboxylic acids is 1. The Kier molecular flexibility index (Phi) is 4.31. The fraction of sp³-hybridized carbons (Fsp3) is 0.667. The van der Waals surface area contributed by atoms with Crippen molar-refractivity contribution in [2.24, 2.45) is 5.92 Å². The summed E-state index contributed by atoms with van der Waals surface area (Å²) < 4.78 is 5.40. The number of likely N-dealkylation sites (tertiary alicyclic amines) is 1. The van der Waals surface area contributed by atoms with Crippen LogP contribution in [0.5, 0.6) is 0 Å². The van der Waals surface area contributed by atoms with Gasteiger partial charge in [-0.1, -0.05) is 6.07 Å². The van der Waals surface area contributed by atoms with Crippen LogP contribution < -0.4 is 0 Å². The number of pyridine rings is 1. The normalized spacial score (nSPS) is 25.7. The smallest absolute Gasteiger partial charge is 0.226 e. The Labute approximate surface area is 137 Å². The lowest BCUT2D eigenvalue weighted by molar-refractivity contribution is -0.133. The fourth-order valence-electron chi connectivity index (χ4n) is 3.66. The van der Waals surface area contributed by atoms with Crippen LogP contribution in [0.1, 0.15) is 43.1 Å². The summed E-state index contributed by atoms with van der Waals surface area (Å²) >= 11 is 0. The monoisotopic (exact) mass is 315 g/mol. The minimum absolute atomic E-state index is 0.188. The molecule has 3 aliphatic rings. The highest BCUT2D eigenvalue weighted by Gasteiger charge is 2.39. The predicted molar refractivity (Wildman–Crippen MR) is 86.7 cm³/mol. The zero-order valence-electron chi connectivity index (χ0n) is 13.6. The van der Waals surface area contributed by atoms with Crippen LogP contribution in [-0.4, -0.2) is 53.5 Å². The quantitative estimate of drug-likeness (QED) is 0.852. The summed E-state index contributed by atoms with van der Waals surface area (Å²) in [6, 6.07) is 6.47. The average Bonchev–Trinajstić information content (AvgIpc) is 3.32. The number of hydrogen-bond acceptors (Lipinski definition) is 4. The zero-order valence-corrected chi connectivity index (χ0v) is 13.6. The number of hydrogen-bond donors (Lipinski definition) is 0. The Morgan fingerprint density at radius 2 is 2.00 bits per heavy atom. The molecule has 1 amide bonds. The molecule has 0 spiro atoms. The molecule has 0 aromatic carbocycles. The summed E-state index contributed by atoms with van der Waals surface area (Å²) in [5.74, 6) is 0.653. The molecule has 1 aromatic heterocycles. The maximum atomic E-state index is 12.5. The van der Waals surface area contributed by atoms with Crippen LogP contribution in [0.4, 0.5) is 0 Å². The third-order valence-corrected chi connectivity index (χ3v) is 5.12. The van der Waals surface area contributed by atoms with E-state index in [0.717, 1.165) is 76.5 Å². The molecule has 5 heteroatoms. The topological polar surface area (TPSA) is 45.7 Å². The second kappa shape index (κ2) is 6.57. The molecular weight excluding hydrogens is 290 g/mol. The first-order valence-corrected chi connectivity index (χ1v) is 8.88. The summed E-state index contributed by atoms with van der Waals surface area (Å²) in [5.41, 5.74) is 2.18. The van der Waals surface area contributed by atoms with Crippen molar-refractivity contribution in [1.29, 1.82) is 0 Å². The molecule has 1 aromatic rings.